The SMILES string of the molecule is CCCN(Cc1ccco1)c1c2c(nn1C)N(c1c(C)cc(C)cc1Cl)CCC2.O=C(O)C(F)(F)F. The van der Waals surface area contributed by atoms with Gasteiger partial charge in [-0.1, -0.05) is 24.6 Å². The van der Waals surface area contributed by atoms with Crippen molar-refractivity contribution in [1.82, 2.24) is 9.78 Å². The predicted octanol–water partition coefficient (Wildman–Crippen LogP) is 6.42. The average Bonchev–Trinajstić information content (AvgIpc) is 3.39. The number of anilines is 3. The van der Waals surface area contributed by atoms with Crippen molar-refractivity contribution in [3.8, 4) is 0 Å². The Kier molecular flexibility index (Phi) is 8.60. The van der Waals surface area contributed by atoms with Gasteiger partial charge < -0.3 is 19.3 Å². The fraction of sp³-hybridized carbons (Fsp3) is 0.440. The van der Waals surface area contributed by atoms with E-state index in [2.05, 4.69) is 36.6 Å². The second-order valence-electron chi connectivity index (χ2n) is 8.72. The summed E-state index contributed by atoms with van der Waals surface area (Å²) in [5.41, 5.74) is 4.75. The summed E-state index contributed by atoms with van der Waals surface area (Å²) in [5, 5.41) is 12.9. The van der Waals surface area contributed by atoms with Crippen LogP contribution in [-0.2, 0) is 24.8 Å². The van der Waals surface area contributed by atoms with E-state index in [0.29, 0.717) is 0 Å². The first-order valence-corrected chi connectivity index (χ1v) is 12.0. The zero-order valence-corrected chi connectivity index (χ0v) is 21.4. The molecule has 1 aromatic carbocycles. The van der Waals surface area contributed by atoms with Gasteiger partial charge in [-0.15, -0.1) is 0 Å². The molecule has 2 aromatic heterocycles. The monoisotopic (exact) mass is 526 g/mol. The summed E-state index contributed by atoms with van der Waals surface area (Å²) in [6.45, 7) is 9.06. The number of carboxylic acid groups (broad SMARTS) is 1. The molecule has 0 amide bonds. The molecule has 0 radical (unpaired) electrons. The van der Waals surface area contributed by atoms with Crippen LogP contribution in [0.2, 0.25) is 5.02 Å². The molecule has 0 bridgehead atoms. The summed E-state index contributed by atoms with van der Waals surface area (Å²) < 4.78 is 39.4. The minimum Gasteiger partial charge on any atom is -0.475 e. The van der Waals surface area contributed by atoms with E-state index in [0.717, 1.165) is 61.2 Å². The fourth-order valence-electron chi connectivity index (χ4n) is 4.49. The maximum atomic E-state index is 10.6. The smallest absolute Gasteiger partial charge is 0.475 e. The van der Waals surface area contributed by atoms with Crippen molar-refractivity contribution >= 4 is 34.9 Å². The Morgan fingerprint density at radius 3 is 2.56 bits per heavy atom. The number of nitrogens with zero attached hydrogens (tertiary/aromatic N) is 4. The van der Waals surface area contributed by atoms with Crippen LogP contribution in [0.15, 0.2) is 34.9 Å². The Morgan fingerprint density at radius 1 is 1.31 bits per heavy atom. The highest BCUT2D eigenvalue weighted by molar-refractivity contribution is 6.33. The molecule has 11 heteroatoms. The van der Waals surface area contributed by atoms with Crippen LogP contribution in [-0.4, -0.2) is 40.1 Å². The highest BCUT2D eigenvalue weighted by atomic mass is 35.5. The van der Waals surface area contributed by atoms with Crippen LogP contribution in [0.25, 0.3) is 0 Å². The van der Waals surface area contributed by atoms with Crippen molar-refractivity contribution in [2.75, 3.05) is 22.9 Å². The van der Waals surface area contributed by atoms with Gasteiger partial charge in [0.15, 0.2) is 5.82 Å². The summed E-state index contributed by atoms with van der Waals surface area (Å²) in [6.07, 6.45) is -0.179. The minimum atomic E-state index is -5.08. The maximum absolute atomic E-state index is 10.6. The van der Waals surface area contributed by atoms with E-state index < -0.39 is 12.1 Å². The van der Waals surface area contributed by atoms with Crippen LogP contribution >= 0.6 is 11.6 Å². The van der Waals surface area contributed by atoms with Gasteiger partial charge in [0.25, 0.3) is 0 Å². The Morgan fingerprint density at radius 2 is 2.00 bits per heavy atom. The van der Waals surface area contributed by atoms with E-state index >= 15 is 0 Å². The molecule has 4 rings (SSSR count). The molecule has 0 saturated carbocycles. The lowest BCUT2D eigenvalue weighted by Crippen LogP contribution is -2.28. The van der Waals surface area contributed by atoms with Gasteiger partial charge in [-0.05, 0) is 62.4 Å². The van der Waals surface area contributed by atoms with Gasteiger partial charge in [0.1, 0.15) is 11.6 Å². The second kappa shape index (κ2) is 11.3. The van der Waals surface area contributed by atoms with E-state index in [1.807, 2.05) is 29.9 Å². The maximum Gasteiger partial charge on any atom is 0.490 e. The van der Waals surface area contributed by atoms with Crippen LogP contribution in [0, 0.1) is 13.8 Å². The van der Waals surface area contributed by atoms with Gasteiger partial charge in [0, 0.05) is 25.7 Å². The first kappa shape index (κ1) is 27.4. The molecule has 7 nitrogen and oxygen atoms in total. The number of benzene rings is 1. The van der Waals surface area contributed by atoms with Gasteiger partial charge >= 0.3 is 12.1 Å². The number of aliphatic carboxylic acids is 1. The van der Waals surface area contributed by atoms with Crippen molar-refractivity contribution in [2.45, 2.75) is 52.8 Å². The number of aromatic nitrogens is 2. The van der Waals surface area contributed by atoms with Gasteiger partial charge in [-0.2, -0.15) is 18.3 Å². The van der Waals surface area contributed by atoms with Crippen LogP contribution in [0.3, 0.4) is 0 Å². The van der Waals surface area contributed by atoms with Gasteiger partial charge in [0.05, 0.1) is 23.5 Å². The Hall–Kier alpha value is -3.14. The predicted molar refractivity (Wildman–Crippen MR) is 133 cm³/mol. The van der Waals surface area contributed by atoms with Crippen LogP contribution in [0.1, 0.15) is 42.2 Å². The molecule has 36 heavy (non-hydrogen) atoms. The van der Waals surface area contributed by atoms with E-state index in [-0.39, 0.29) is 0 Å². The van der Waals surface area contributed by atoms with Crippen LogP contribution in [0.5, 0.6) is 0 Å². The average molecular weight is 527 g/mol. The van der Waals surface area contributed by atoms with Crippen molar-refractivity contribution < 1.29 is 27.5 Å². The van der Waals surface area contributed by atoms with Crippen molar-refractivity contribution in [2.24, 2.45) is 7.05 Å². The molecule has 0 saturated heterocycles. The first-order chi connectivity index (χ1) is 16.9. The lowest BCUT2D eigenvalue weighted by atomic mass is 10.0. The summed E-state index contributed by atoms with van der Waals surface area (Å²) in [4.78, 5) is 13.6. The molecule has 3 aromatic rings. The highest BCUT2D eigenvalue weighted by Gasteiger charge is 2.38. The second-order valence-corrected chi connectivity index (χ2v) is 9.13. The van der Waals surface area contributed by atoms with Crippen LogP contribution < -0.4 is 9.80 Å². The van der Waals surface area contributed by atoms with Gasteiger partial charge in [0.2, 0.25) is 0 Å². The third kappa shape index (κ3) is 6.16. The molecule has 0 aliphatic carbocycles. The van der Waals surface area contributed by atoms with E-state index in [1.165, 1.54) is 22.5 Å². The Labute approximate surface area is 213 Å². The number of carbonyl (C=O) groups is 1. The largest absolute Gasteiger partial charge is 0.490 e. The third-order valence-electron chi connectivity index (χ3n) is 5.79. The third-order valence-corrected chi connectivity index (χ3v) is 6.07. The lowest BCUT2D eigenvalue weighted by Gasteiger charge is -2.31. The number of rotatable bonds is 6. The molecule has 1 aliphatic heterocycles. The quantitative estimate of drug-likeness (QED) is 0.399. The zero-order chi connectivity index (χ0) is 26.6. The highest BCUT2D eigenvalue weighted by Crippen LogP contribution is 2.42. The molecule has 0 spiro atoms. The van der Waals surface area contributed by atoms with Crippen molar-refractivity contribution in [3.05, 3.63) is 58.0 Å². The van der Waals surface area contributed by atoms with E-state index in [1.54, 1.807) is 6.26 Å². The number of aryl methyl sites for hydroxylation is 3. The Bertz CT molecular complexity index is 1170. The number of furan rings is 1. The number of hydrogen-bond donors (Lipinski definition) is 1. The first-order valence-electron chi connectivity index (χ1n) is 11.6. The van der Waals surface area contributed by atoms with Crippen LogP contribution in [0.4, 0.5) is 30.5 Å². The fourth-order valence-corrected chi connectivity index (χ4v) is 4.91. The molecular formula is C25H30ClF3N4O3. The van der Waals surface area contributed by atoms with Gasteiger partial charge in [-0.3, -0.25) is 4.68 Å². The normalized spacial score (nSPS) is 13.2. The van der Waals surface area contributed by atoms with E-state index in [4.69, 9.17) is 31.0 Å². The summed E-state index contributed by atoms with van der Waals surface area (Å²) in [6, 6.07) is 8.22. The standard InChI is InChI=1S/C23H29ClN4O.C2HF3O2/c1-5-10-27(15-18-8-7-12-29-18)23-19-9-6-11-28(22(19)25-26(23)4)21-17(3)13-16(2)14-20(21)24;3-2(4,5)1(6)7/h7-8,12-14H,5-6,9-11,15H2,1-4H3;(H,6,7). The molecular weight excluding hydrogens is 497 g/mol. The molecule has 196 valence electrons. The van der Waals surface area contributed by atoms with Crippen molar-refractivity contribution in [1.29, 1.82) is 0 Å². The number of carboxylic acids is 1. The molecule has 1 aliphatic rings. The number of fused-ring (bicyclic) bond motifs is 1. The zero-order valence-electron chi connectivity index (χ0n) is 20.7. The minimum absolute atomic E-state index is 0.747. The van der Waals surface area contributed by atoms with Crippen molar-refractivity contribution in [3.63, 3.8) is 0 Å². The molecule has 0 atom stereocenters. The topological polar surface area (TPSA) is 74.7 Å². The lowest BCUT2D eigenvalue weighted by molar-refractivity contribution is -0.192. The molecule has 0 unspecified atom stereocenters. The summed E-state index contributed by atoms with van der Waals surface area (Å²) >= 11 is 6.69. The molecule has 0 fully saturated rings. The molecule has 1 N–H and O–H groups in total. The van der Waals surface area contributed by atoms with E-state index in [9.17, 15) is 13.2 Å². The number of hydrogen-bond acceptors (Lipinski definition) is 5. The number of alkyl halides is 3. The number of halogens is 4. The Balaban J connectivity index is 0.000000454. The molecule has 3 heterocycles. The summed E-state index contributed by atoms with van der Waals surface area (Å²) in [5.74, 6) is 0.429. The summed E-state index contributed by atoms with van der Waals surface area (Å²) in [7, 11) is 2.04. The van der Waals surface area contributed by atoms with Gasteiger partial charge in [-0.25, -0.2) is 4.79 Å².